The second-order valence-corrected chi connectivity index (χ2v) is 4.10. The average Bonchev–Trinajstić information content (AvgIpc) is 2.92. The molecular weight excluding hydrogens is 259 g/mol. The van der Waals surface area contributed by atoms with Crippen LogP contribution in [0.1, 0.15) is 5.56 Å². The Morgan fingerprint density at radius 3 is 2.58 bits per heavy atom. The molecule has 3 aromatic rings. The highest BCUT2D eigenvalue weighted by molar-refractivity contribution is 5.85. The number of halogens is 3. The molecule has 0 atom stereocenters. The van der Waals surface area contributed by atoms with Crippen LogP contribution in [0.5, 0.6) is 0 Å². The maximum absolute atomic E-state index is 12.6. The number of nitrogens with one attached hydrogen (secondary N) is 1. The Morgan fingerprint density at radius 1 is 1.16 bits per heavy atom. The van der Waals surface area contributed by atoms with Crippen LogP contribution >= 0.6 is 0 Å². The summed E-state index contributed by atoms with van der Waals surface area (Å²) in [5.74, 6) is 0.590. The summed E-state index contributed by atoms with van der Waals surface area (Å²) in [6.45, 7) is 0. The first-order valence-corrected chi connectivity index (χ1v) is 5.36. The van der Waals surface area contributed by atoms with E-state index in [1.165, 1.54) is 12.1 Å². The van der Waals surface area contributed by atoms with E-state index in [0.29, 0.717) is 22.4 Å². The number of hydrogen-bond donors (Lipinski definition) is 2. The molecule has 0 bridgehead atoms. The summed E-state index contributed by atoms with van der Waals surface area (Å²) in [5, 5.41) is 4.17. The third-order valence-corrected chi connectivity index (χ3v) is 2.74. The van der Waals surface area contributed by atoms with Crippen molar-refractivity contribution in [1.82, 2.24) is 10.1 Å². The van der Waals surface area contributed by atoms with Crippen molar-refractivity contribution in [3.8, 4) is 11.5 Å². The molecule has 0 unspecified atom stereocenters. The second-order valence-electron chi connectivity index (χ2n) is 4.10. The quantitative estimate of drug-likeness (QED) is 0.709. The highest BCUT2D eigenvalue weighted by Crippen LogP contribution is 2.32. The Balaban J connectivity index is 2.11. The van der Waals surface area contributed by atoms with Crippen molar-refractivity contribution in [3.05, 3.63) is 35.9 Å². The number of benzene rings is 1. The van der Waals surface area contributed by atoms with E-state index < -0.39 is 11.7 Å². The summed E-state index contributed by atoms with van der Waals surface area (Å²) in [7, 11) is 0. The predicted molar refractivity (Wildman–Crippen MR) is 63.2 cm³/mol. The van der Waals surface area contributed by atoms with Crippen molar-refractivity contribution >= 4 is 16.7 Å². The zero-order chi connectivity index (χ0) is 13.6. The van der Waals surface area contributed by atoms with Crippen molar-refractivity contribution in [2.24, 2.45) is 0 Å². The van der Waals surface area contributed by atoms with Crippen LogP contribution in [-0.4, -0.2) is 10.1 Å². The number of nitrogen functional groups attached to an aromatic ring is 1. The Bertz CT molecular complexity index is 742. The fraction of sp³-hybridized carbons (Fsp3) is 0.0833. The first kappa shape index (κ1) is 11.6. The highest BCUT2D eigenvalue weighted by Gasteiger charge is 2.30. The number of hydrogen-bond acceptors (Lipinski definition) is 3. The van der Waals surface area contributed by atoms with Crippen molar-refractivity contribution in [2.75, 3.05) is 5.73 Å². The lowest BCUT2D eigenvalue weighted by Crippen LogP contribution is -2.03. The van der Waals surface area contributed by atoms with Crippen LogP contribution in [0.3, 0.4) is 0 Å². The molecule has 2 aromatic heterocycles. The molecule has 4 nitrogen and oxygen atoms in total. The molecule has 0 fully saturated rings. The third kappa shape index (κ3) is 2.03. The number of aromatic amines is 1. The van der Waals surface area contributed by atoms with E-state index in [1.807, 2.05) is 0 Å². The van der Waals surface area contributed by atoms with Crippen molar-refractivity contribution in [1.29, 1.82) is 0 Å². The van der Waals surface area contributed by atoms with Crippen molar-refractivity contribution < 1.29 is 17.7 Å². The smallest absolute Gasteiger partial charge is 0.381 e. The van der Waals surface area contributed by atoms with Gasteiger partial charge in [-0.05, 0) is 18.2 Å². The molecule has 7 heteroatoms. The standard InChI is InChI=1S/C12H8F3N3O/c13-12(14,15)7-2-1-6-3-9(17-8(6)4-7)10-5-11(16)18-19-10/h1-5,17H,(H2,16,18). The Kier molecular flexibility index (Phi) is 2.31. The molecule has 0 radical (unpaired) electrons. The van der Waals surface area contributed by atoms with Crippen LogP contribution in [0.4, 0.5) is 19.0 Å². The number of anilines is 1. The van der Waals surface area contributed by atoms with Crippen LogP contribution < -0.4 is 5.73 Å². The first-order chi connectivity index (χ1) is 8.93. The molecule has 0 saturated carbocycles. The van der Waals surface area contributed by atoms with Gasteiger partial charge in [-0.25, -0.2) is 0 Å². The molecule has 0 aliphatic heterocycles. The monoisotopic (exact) mass is 267 g/mol. The van der Waals surface area contributed by atoms with E-state index in [2.05, 4.69) is 10.1 Å². The van der Waals surface area contributed by atoms with Gasteiger partial charge in [-0.1, -0.05) is 11.2 Å². The fourth-order valence-electron chi connectivity index (χ4n) is 1.85. The van der Waals surface area contributed by atoms with Crippen LogP contribution in [0.2, 0.25) is 0 Å². The lowest BCUT2D eigenvalue weighted by Gasteiger charge is -2.05. The van der Waals surface area contributed by atoms with Crippen LogP contribution in [0, 0.1) is 0 Å². The van der Waals surface area contributed by atoms with Gasteiger partial charge in [-0.15, -0.1) is 0 Å². The van der Waals surface area contributed by atoms with Gasteiger partial charge in [0.15, 0.2) is 11.6 Å². The molecular formula is C12H8F3N3O. The van der Waals surface area contributed by atoms with Gasteiger partial charge in [0.1, 0.15) is 0 Å². The average molecular weight is 267 g/mol. The van der Waals surface area contributed by atoms with E-state index in [9.17, 15) is 13.2 Å². The van der Waals surface area contributed by atoms with Gasteiger partial charge < -0.3 is 15.2 Å². The summed E-state index contributed by atoms with van der Waals surface area (Å²) in [6.07, 6.45) is -4.36. The minimum Gasteiger partial charge on any atom is -0.381 e. The lowest BCUT2D eigenvalue weighted by atomic mass is 10.1. The number of alkyl halides is 3. The SMILES string of the molecule is Nc1cc(-c2cc3ccc(C(F)(F)F)cc3[nH]2)on1. The molecule has 0 aliphatic rings. The topological polar surface area (TPSA) is 67.8 Å². The van der Waals surface area contributed by atoms with Crippen molar-refractivity contribution in [3.63, 3.8) is 0 Å². The Hall–Kier alpha value is -2.44. The summed E-state index contributed by atoms with van der Waals surface area (Å²) in [4.78, 5) is 2.85. The Labute approximate surface area is 105 Å². The highest BCUT2D eigenvalue weighted by atomic mass is 19.4. The van der Waals surface area contributed by atoms with Gasteiger partial charge in [0.05, 0.1) is 11.3 Å². The van der Waals surface area contributed by atoms with E-state index in [4.69, 9.17) is 10.3 Å². The maximum atomic E-state index is 12.6. The molecule has 98 valence electrons. The molecule has 0 spiro atoms. The second kappa shape index (κ2) is 3.78. The Morgan fingerprint density at radius 2 is 1.95 bits per heavy atom. The summed E-state index contributed by atoms with van der Waals surface area (Å²) < 4.78 is 42.7. The van der Waals surface area contributed by atoms with E-state index in [1.54, 1.807) is 6.07 Å². The normalized spacial score (nSPS) is 12.2. The van der Waals surface area contributed by atoms with Crippen LogP contribution in [0.25, 0.3) is 22.4 Å². The fourth-order valence-corrected chi connectivity index (χ4v) is 1.85. The van der Waals surface area contributed by atoms with Crippen molar-refractivity contribution in [2.45, 2.75) is 6.18 Å². The van der Waals surface area contributed by atoms with Gasteiger partial charge >= 0.3 is 6.18 Å². The number of aromatic nitrogens is 2. The number of fused-ring (bicyclic) bond motifs is 1. The summed E-state index contributed by atoms with van der Waals surface area (Å²) >= 11 is 0. The van der Waals surface area contributed by atoms with Gasteiger partial charge in [0.25, 0.3) is 0 Å². The van der Waals surface area contributed by atoms with E-state index in [-0.39, 0.29) is 5.82 Å². The number of nitrogens with zero attached hydrogens (tertiary/aromatic N) is 1. The molecule has 3 N–H and O–H groups in total. The minimum absolute atomic E-state index is 0.213. The largest absolute Gasteiger partial charge is 0.416 e. The van der Waals surface area contributed by atoms with Crippen LogP contribution in [0.15, 0.2) is 34.9 Å². The number of nitrogens with two attached hydrogens (primary N) is 1. The summed E-state index contributed by atoms with van der Waals surface area (Å²) in [6, 6.07) is 6.66. The predicted octanol–water partition coefficient (Wildman–Crippen LogP) is 3.42. The van der Waals surface area contributed by atoms with Gasteiger partial charge in [-0.3, -0.25) is 0 Å². The third-order valence-electron chi connectivity index (χ3n) is 2.74. The molecule has 0 amide bonds. The van der Waals surface area contributed by atoms with Gasteiger partial charge in [0.2, 0.25) is 0 Å². The molecule has 0 saturated heterocycles. The zero-order valence-corrected chi connectivity index (χ0v) is 9.45. The molecule has 0 aliphatic carbocycles. The summed E-state index contributed by atoms with van der Waals surface area (Å²) in [5.41, 5.74) is 5.62. The zero-order valence-electron chi connectivity index (χ0n) is 9.45. The van der Waals surface area contributed by atoms with Gasteiger partial charge in [0, 0.05) is 17.0 Å². The molecule has 19 heavy (non-hydrogen) atoms. The van der Waals surface area contributed by atoms with Crippen LogP contribution in [-0.2, 0) is 6.18 Å². The molecule has 3 rings (SSSR count). The molecule has 2 heterocycles. The minimum atomic E-state index is -4.36. The lowest BCUT2D eigenvalue weighted by molar-refractivity contribution is -0.137. The van der Waals surface area contributed by atoms with E-state index in [0.717, 1.165) is 12.1 Å². The van der Waals surface area contributed by atoms with Gasteiger partial charge in [-0.2, -0.15) is 13.2 Å². The molecule has 1 aromatic carbocycles. The number of H-pyrrole nitrogens is 1. The first-order valence-electron chi connectivity index (χ1n) is 5.36. The number of rotatable bonds is 1. The maximum Gasteiger partial charge on any atom is 0.416 e. The van der Waals surface area contributed by atoms with E-state index >= 15 is 0 Å².